The Morgan fingerprint density at radius 1 is 1.08 bits per heavy atom. The Morgan fingerprint density at radius 2 is 1.75 bits per heavy atom. The van der Waals surface area contributed by atoms with Gasteiger partial charge in [0.05, 0.1) is 27.0 Å². The van der Waals surface area contributed by atoms with Crippen LogP contribution in [-0.4, -0.2) is 40.6 Å². The fourth-order valence-electron chi connectivity index (χ4n) is 3.43. The number of benzene rings is 1. The maximum Gasteiger partial charge on any atom is 0.230 e. The van der Waals surface area contributed by atoms with Gasteiger partial charge in [-0.15, -0.1) is 0 Å². The summed E-state index contributed by atoms with van der Waals surface area (Å²) in [6.07, 6.45) is 3.06. The molecule has 0 saturated carbocycles. The molecule has 0 fully saturated rings. The number of methoxy groups -OCH3 is 3. The molecule has 24 heavy (non-hydrogen) atoms. The predicted octanol–water partition coefficient (Wildman–Crippen LogP) is 3.23. The lowest BCUT2D eigenvalue weighted by atomic mass is 9.81. The summed E-state index contributed by atoms with van der Waals surface area (Å²) in [4.78, 5) is 1.97. The largest absolute Gasteiger partial charge is 0.493 e. The van der Waals surface area contributed by atoms with Gasteiger partial charge in [-0.1, -0.05) is 5.16 Å². The van der Waals surface area contributed by atoms with Crippen LogP contribution in [0.25, 0.3) is 0 Å². The minimum atomic E-state index is 0.200. The molecule has 1 atom stereocenters. The van der Waals surface area contributed by atoms with Gasteiger partial charge in [0.15, 0.2) is 11.5 Å². The third kappa shape index (κ3) is 2.66. The van der Waals surface area contributed by atoms with Gasteiger partial charge < -0.3 is 23.6 Å². The van der Waals surface area contributed by atoms with Crippen LogP contribution in [0.4, 0.5) is 5.88 Å². The number of anilines is 1. The van der Waals surface area contributed by atoms with Gasteiger partial charge in [-0.2, -0.15) is 0 Å². The lowest BCUT2D eigenvalue weighted by molar-refractivity contribution is 0.323. The van der Waals surface area contributed by atoms with Crippen molar-refractivity contribution in [3.8, 4) is 17.2 Å². The van der Waals surface area contributed by atoms with Crippen molar-refractivity contribution >= 4 is 5.88 Å². The van der Waals surface area contributed by atoms with Crippen LogP contribution in [0.5, 0.6) is 17.2 Å². The first kappa shape index (κ1) is 16.5. The highest BCUT2D eigenvalue weighted by molar-refractivity contribution is 5.58. The van der Waals surface area contributed by atoms with Crippen LogP contribution in [0.2, 0.25) is 0 Å². The van der Waals surface area contributed by atoms with Crippen molar-refractivity contribution in [2.24, 2.45) is 0 Å². The molecule has 1 aromatic heterocycles. The fourth-order valence-corrected chi connectivity index (χ4v) is 3.43. The van der Waals surface area contributed by atoms with E-state index in [-0.39, 0.29) is 5.92 Å². The second kappa shape index (κ2) is 6.63. The highest BCUT2D eigenvalue weighted by Gasteiger charge is 2.31. The first-order chi connectivity index (χ1) is 11.6. The van der Waals surface area contributed by atoms with Crippen molar-refractivity contribution in [3.63, 3.8) is 0 Å². The number of hydrogen-bond donors (Lipinski definition) is 0. The minimum absolute atomic E-state index is 0.200. The monoisotopic (exact) mass is 332 g/mol. The van der Waals surface area contributed by atoms with Crippen molar-refractivity contribution < 1.29 is 18.7 Å². The third-order valence-electron chi connectivity index (χ3n) is 4.53. The van der Waals surface area contributed by atoms with Gasteiger partial charge in [0.2, 0.25) is 11.6 Å². The van der Waals surface area contributed by atoms with E-state index in [2.05, 4.69) is 5.16 Å². The van der Waals surface area contributed by atoms with Crippen molar-refractivity contribution in [1.29, 1.82) is 0 Å². The standard InChI is InChI=1S/C18H24N2O4/c1-20(2)18-16-12(7-6-8-13(16)19-24-18)11-9-14(21-3)17(23-5)15(10-11)22-4/h9-10,12H,6-8H2,1-5H3. The van der Waals surface area contributed by atoms with Crippen molar-refractivity contribution in [2.45, 2.75) is 25.2 Å². The number of ether oxygens (including phenoxy) is 3. The molecule has 6 heteroatoms. The van der Waals surface area contributed by atoms with E-state index in [0.29, 0.717) is 17.2 Å². The molecule has 0 N–H and O–H groups in total. The normalized spacial score (nSPS) is 16.5. The molecule has 0 radical (unpaired) electrons. The van der Waals surface area contributed by atoms with E-state index in [1.54, 1.807) is 21.3 Å². The van der Waals surface area contributed by atoms with Gasteiger partial charge in [-0.25, -0.2) is 0 Å². The second-order valence-electron chi connectivity index (χ2n) is 6.15. The summed E-state index contributed by atoms with van der Waals surface area (Å²) in [6, 6.07) is 4.04. The molecule has 1 aliphatic carbocycles. The SMILES string of the molecule is COc1cc(C2CCCc3noc(N(C)C)c32)cc(OC)c1OC. The Balaban J connectivity index is 2.13. The maximum absolute atomic E-state index is 5.58. The van der Waals surface area contributed by atoms with E-state index in [0.717, 1.165) is 36.4 Å². The highest BCUT2D eigenvalue weighted by atomic mass is 16.5. The van der Waals surface area contributed by atoms with Crippen molar-refractivity contribution in [3.05, 3.63) is 29.0 Å². The summed E-state index contributed by atoms with van der Waals surface area (Å²) in [5.74, 6) is 2.97. The third-order valence-corrected chi connectivity index (χ3v) is 4.53. The first-order valence-electron chi connectivity index (χ1n) is 8.06. The van der Waals surface area contributed by atoms with E-state index in [1.807, 2.05) is 31.1 Å². The van der Waals surface area contributed by atoms with E-state index in [4.69, 9.17) is 18.7 Å². The van der Waals surface area contributed by atoms with E-state index in [1.165, 1.54) is 5.56 Å². The molecule has 0 aliphatic heterocycles. The molecule has 0 bridgehead atoms. The Hall–Kier alpha value is -2.37. The molecule has 6 nitrogen and oxygen atoms in total. The van der Waals surface area contributed by atoms with E-state index >= 15 is 0 Å². The molecule has 1 aliphatic rings. The zero-order chi connectivity index (χ0) is 17.3. The van der Waals surface area contributed by atoms with Gasteiger partial charge in [-0.3, -0.25) is 0 Å². The summed E-state index contributed by atoms with van der Waals surface area (Å²) in [7, 11) is 8.84. The van der Waals surface area contributed by atoms with Gasteiger partial charge >= 0.3 is 0 Å². The fraction of sp³-hybridized carbons (Fsp3) is 0.500. The van der Waals surface area contributed by atoms with Crippen LogP contribution in [0, 0.1) is 0 Å². The van der Waals surface area contributed by atoms with E-state index in [9.17, 15) is 0 Å². The molecule has 1 aromatic carbocycles. The summed E-state index contributed by atoms with van der Waals surface area (Å²) >= 11 is 0. The van der Waals surface area contributed by atoms with Crippen LogP contribution in [-0.2, 0) is 6.42 Å². The molecule has 1 heterocycles. The minimum Gasteiger partial charge on any atom is -0.493 e. The smallest absolute Gasteiger partial charge is 0.230 e. The molecular weight excluding hydrogens is 308 g/mol. The Morgan fingerprint density at radius 3 is 2.29 bits per heavy atom. The predicted molar refractivity (Wildman–Crippen MR) is 91.7 cm³/mol. The summed E-state index contributed by atoms with van der Waals surface area (Å²) in [6.45, 7) is 0. The van der Waals surface area contributed by atoms with E-state index < -0.39 is 0 Å². The van der Waals surface area contributed by atoms with Crippen LogP contribution < -0.4 is 19.1 Å². The summed E-state index contributed by atoms with van der Waals surface area (Å²) < 4.78 is 22.0. The summed E-state index contributed by atoms with van der Waals surface area (Å²) in [5, 5.41) is 4.27. The molecule has 130 valence electrons. The number of hydrogen-bond acceptors (Lipinski definition) is 6. The summed E-state index contributed by atoms with van der Waals surface area (Å²) in [5.41, 5.74) is 3.33. The average molecular weight is 332 g/mol. The number of fused-ring (bicyclic) bond motifs is 1. The number of rotatable bonds is 5. The molecule has 3 rings (SSSR count). The Bertz CT molecular complexity index is 699. The Labute approximate surface area is 142 Å². The van der Waals surface area contributed by atoms with Crippen molar-refractivity contribution in [1.82, 2.24) is 5.16 Å². The highest BCUT2D eigenvalue weighted by Crippen LogP contribution is 2.46. The molecule has 0 saturated heterocycles. The average Bonchev–Trinajstić information content (AvgIpc) is 3.04. The van der Waals surface area contributed by atoms with Crippen LogP contribution in [0.3, 0.4) is 0 Å². The topological polar surface area (TPSA) is 57.0 Å². The number of aryl methyl sites for hydroxylation is 1. The Kier molecular flexibility index (Phi) is 4.55. The van der Waals surface area contributed by atoms with Crippen molar-refractivity contribution in [2.75, 3.05) is 40.3 Å². The first-order valence-corrected chi connectivity index (χ1v) is 8.06. The lowest BCUT2D eigenvalue weighted by Gasteiger charge is -2.25. The molecule has 0 amide bonds. The maximum atomic E-state index is 5.58. The van der Waals surface area contributed by atoms with Gasteiger partial charge in [0.25, 0.3) is 0 Å². The second-order valence-corrected chi connectivity index (χ2v) is 6.15. The quantitative estimate of drug-likeness (QED) is 0.838. The van der Waals surface area contributed by atoms with Gasteiger partial charge in [-0.05, 0) is 37.0 Å². The molecule has 0 spiro atoms. The number of nitrogens with zero attached hydrogens (tertiary/aromatic N) is 2. The zero-order valence-corrected chi connectivity index (χ0v) is 14.9. The molecule has 2 aromatic rings. The zero-order valence-electron chi connectivity index (χ0n) is 14.9. The van der Waals surface area contributed by atoms with Crippen LogP contribution >= 0.6 is 0 Å². The molecule has 1 unspecified atom stereocenters. The lowest BCUT2D eigenvalue weighted by Crippen LogP contribution is -2.16. The van der Waals surface area contributed by atoms with Gasteiger partial charge in [0, 0.05) is 25.6 Å². The van der Waals surface area contributed by atoms with Crippen LogP contribution in [0.1, 0.15) is 35.6 Å². The van der Waals surface area contributed by atoms with Gasteiger partial charge in [0.1, 0.15) is 0 Å². The molecular formula is C18H24N2O4. The van der Waals surface area contributed by atoms with Crippen LogP contribution in [0.15, 0.2) is 16.7 Å². The number of aromatic nitrogens is 1.